The fraction of sp³-hybridized carbons (Fsp3) is 0.889. The largest absolute Gasteiger partial charge is 0.397 e. The summed E-state index contributed by atoms with van der Waals surface area (Å²) in [6.45, 7) is 14.4. The van der Waals surface area contributed by atoms with Crippen LogP contribution in [0.2, 0.25) is 0 Å². The van der Waals surface area contributed by atoms with Crippen molar-refractivity contribution in [2.75, 3.05) is 32.8 Å². The van der Waals surface area contributed by atoms with E-state index >= 15 is 0 Å². The minimum absolute atomic E-state index is 0.0289. The van der Waals surface area contributed by atoms with Crippen LogP contribution in [0.25, 0.3) is 0 Å². The first-order chi connectivity index (χ1) is 16.3. The predicted molar refractivity (Wildman–Crippen MR) is 146 cm³/mol. The van der Waals surface area contributed by atoms with Gasteiger partial charge in [-0.15, -0.1) is 0 Å². The molecule has 34 heavy (non-hydrogen) atoms. The van der Waals surface area contributed by atoms with E-state index in [2.05, 4.69) is 30.7 Å². The lowest BCUT2D eigenvalue weighted by atomic mass is 10.0. The van der Waals surface area contributed by atoms with Crippen LogP contribution in [-0.4, -0.2) is 56.1 Å². The molecule has 1 unspecified atom stereocenters. The molecule has 1 N–H and O–H groups in total. The summed E-state index contributed by atoms with van der Waals surface area (Å²) in [6.07, 6.45) is 24.8. The van der Waals surface area contributed by atoms with E-state index in [4.69, 9.17) is 9.55 Å². The molecule has 0 amide bonds. The van der Waals surface area contributed by atoms with Crippen molar-refractivity contribution in [3.05, 3.63) is 12.7 Å². The summed E-state index contributed by atoms with van der Waals surface area (Å²) in [5.74, 6) is 1.45. The molecule has 0 aromatic heterocycles. The molecule has 0 aliphatic carbocycles. The number of amidine groups is 1. The summed E-state index contributed by atoms with van der Waals surface area (Å²) in [5, 5.41) is 0. The third kappa shape index (κ3) is 17.6. The van der Waals surface area contributed by atoms with E-state index in [9.17, 15) is 8.42 Å². The fourth-order valence-corrected chi connectivity index (χ4v) is 4.98. The zero-order valence-corrected chi connectivity index (χ0v) is 23.4. The number of hydrogen-bond acceptors (Lipinski definition) is 4. The Hall–Kier alpha value is -0.760. The normalized spacial score (nSPS) is 17.8. The Bertz CT molecular complexity index is 622. The van der Waals surface area contributed by atoms with Gasteiger partial charge in [0.1, 0.15) is 13.1 Å². The molecule has 0 bridgehead atoms. The van der Waals surface area contributed by atoms with E-state index in [-0.39, 0.29) is 6.61 Å². The molecule has 1 aliphatic rings. The summed E-state index contributed by atoms with van der Waals surface area (Å²) < 4.78 is 31.7. The average Bonchev–Trinajstić information content (AvgIpc) is 3.19. The van der Waals surface area contributed by atoms with Crippen LogP contribution < -0.4 is 0 Å². The van der Waals surface area contributed by atoms with E-state index in [1.165, 1.54) is 129 Å². The number of rotatable bonds is 21. The maximum Gasteiger partial charge on any atom is 0.397 e. The van der Waals surface area contributed by atoms with Crippen molar-refractivity contribution in [3.8, 4) is 0 Å². The SMILES string of the molecule is C=CC[N+]1(CC)CCN=C1CCCCCCCCCCCCCCCCC.CCOS(=O)(=O)O. The third-order valence-electron chi connectivity index (χ3n) is 6.72. The average molecular weight is 504 g/mol. The molecule has 1 aliphatic heterocycles. The van der Waals surface area contributed by atoms with Gasteiger partial charge in [0.05, 0.1) is 19.7 Å². The van der Waals surface area contributed by atoms with Gasteiger partial charge in [0.2, 0.25) is 0 Å². The predicted octanol–water partition coefficient (Wildman–Crippen LogP) is 7.51. The molecule has 7 heteroatoms. The number of hydrogen-bond donors (Lipinski definition) is 1. The molecule has 0 saturated carbocycles. The lowest BCUT2D eigenvalue weighted by Gasteiger charge is -2.32. The van der Waals surface area contributed by atoms with Gasteiger partial charge in [-0.1, -0.05) is 103 Å². The van der Waals surface area contributed by atoms with Gasteiger partial charge >= 0.3 is 10.4 Å². The Morgan fingerprint density at radius 1 is 0.882 bits per heavy atom. The van der Waals surface area contributed by atoms with Crippen LogP contribution in [0.3, 0.4) is 0 Å². The summed E-state index contributed by atoms with van der Waals surface area (Å²) in [7, 11) is -4.17. The fourth-order valence-electron chi connectivity index (χ4n) is 4.68. The topological polar surface area (TPSA) is 76.0 Å². The first kappa shape index (κ1) is 33.2. The van der Waals surface area contributed by atoms with Gasteiger partial charge in [-0.25, -0.2) is 9.18 Å². The highest BCUT2D eigenvalue weighted by molar-refractivity contribution is 7.80. The van der Waals surface area contributed by atoms with Crippen molar-refractivity contribution in [3.63, 3.8) is 0 Å². The Morgan fingerprint density at radius 3 is 1.71 bits per heavy atom. The zero-order chi connectivity index (χ0) is 25.5. The molecule has 0 saturated heterocycles. The molecule has 0 radical (unpaired) electrons. The smallest absolute Gasteiger partial charge is 0.274 e. The summed E-state index contributed by atoms with van der Waals surface area (Å²) in [6, 6.07) is 0. The Labute approximate surface area is 211 Å². The monoisotopic (exact) mass is 503 g/mol. The van der Waals surface area contributed by atoms with Gasteiger partial charge in [-0.2, -0.15) is 8.42 Å². The molecule has 202 valence electrons. The van der Waals surface area contributed by atoms with Crippen LogP contribution in [-0.2, 0) is 14.6 Å². The van der Waals surface area contributed by atoms with Gasteiger partial charge in [-0.3, -0.25) is 9.04 Å². The van der Waals surface area contributed by atoms with Crippen molar-refractivity contribution in [2.24, 2.45) is 4.99 Å². The second-order valence-electron chi connectivity index (χ2n) is 9.49. The van der Waals surface area contributed by atoms with Crippen molar-refractivity contribution < 1.29 is 21.6 Å². The van der Waals surface area contributed by atoms with E-state index in [1.54, 1.807) is 0 Å². The summed E-state index contributed by atoms with van der Waals surface area (Å²) in [4.78, 5) is 4.82. The summed E-state index contributed by atoms with van der Waals surface area (Å²) >= 11 is 0. The van der Waals surface area contributed by atoms with Crippen LogP contribution in [0.1, 0.15) is 124 Å². The minimum atomic E-state index is -4.17. The minimum Gasteiger partial charge on any atom is -0.274 e. The van der Waals surface area contributed by atoms with Crippen molar-refractivity contribution in [2.45, 2.75) is 124 Å². The second kappa shape index (κ2) is 21.5. The summed E-state index contributed by atoms with van der Waals surface area (Å²) in [5.41, 5.74) is 0. The number of quaternary nitrogens is 1. The molecular weight excluding hydrogens is 448 g/mol. The molecule has 6 nitrogen and oxygen atoms in total. The standard InChI is InChI=1S/C25H49N2.C2H6O4S/c1-4-7-8-9-10-11-12-13-14-15-16-17-18-19-20-21-25-26-22-24-27(25,6-3)23-5-2;1-2-6-7(3,4)5/h5H,2,4,6-24H2,1,3H3;2H2,1H3,(H,3,4,5)/q+1;. The van der Waals surface area contributed by atoms with Crippen LogP contribution in [0.4, 0.5) is 0 Å². The molecule has 0 fully saturated rings. The number of nitrogens with zero attached hydrogens (tertiary/aromatic N) is 2. The Kier molecular flexibility index (Phi) is 21.0. The maximum atomic E-state index is 9.56. The molecule has 0 spiro atoms. The molecule has 0 aromatic rings. The lowest BCUT2D eigenvalue weighted by Crippen LogP contribution is -2.50. The molecule has 1 heterocycles. The van der Waals surface area contributed by atoms with Gasteiger partial charge < -0.3 is 0 Å². The van der Waals surface area contributed by atoms with Gasteiger partial charge in [-0.05, 0) is 26.3 Å². The zero-order valence-electron chi connectivity index (χ0n) is 22.6. The van der Waals surface area contributed by atoms with Crippen molar-refractivity contribution >= 4 is 16.2 Å². The Balaban J connectivity index is 0.00000135. The number of unbranched alkanes of at least 4 members (excludes halogenated alkanes) is 14. The third-order valence-corrected chi connectivity index (χ3v) is 7.26. The molecule has 1 atom stereocenters. The lowest BCUT2D eigenvalue weighted by molar-refractivity contribution is -0.828. The van der Waals surface area contributed by atoms with Crippen molar-refractivity contribution in [1.29, 1.82) is 0 Å². The van der Waals surface area contributed by atoms with Gasteiger partial charge in [0.25, 0.3) is 0 Å². The van der Waals surface area contributed by atoms with E-state index < -0.39 is 10.4 Å². The molecule has 1 rings (SSSR count). The quantitative estimate of drug-likeness (QED) is 0.0761. The van der Waals surface area contributed by atoms with E-state index in [1.807, 2.05) is 0 Å². The van der Waals surface area contributed by atoms with Crippen LogP contribution in [0.15, 0.2) is 17.6 Å². The van der Waals surface area contributed by atoms with Crippen LogP contribution in [0.5, 0.6) is 0 Å². The highest BCUT2D eigenvalue weighted by Gasteiger charge is 2.34. The highest BCUT2D eigenvalue weighted by Crippen LogP contribution is 2.20. The van der Waals surface area contributed by atoms with Crippen LogP contribution >= 0.6 is 0 Å². The molecular formula is C27H55N2O4S+. The van der Waals surface area contributed by atoms with Crippen LogP contribution in [0, 0.1) is 0 Å². The maximum absolute atomic E-state index is 9.56. The van der Waals surface area contributed by atoms with Gasteiger partial charge in [0.15, 0.2) is 5.84 Å². The molecule has 0 aromatic carbocycles. The van der Waals surface area contributed by atoms with Gasteiger partial charge in [0, 0.05) is 6.42 Å². The second-order valence-corrected chi connectivity index (χ2v) is 10.6. The first-order valence-electron chi connectivity index (χ1n) is 14.0. The number of likely N-dealkylation sites (N-methyl/N-ethyl adjacent to an activating group) is 1. The van der Waals surface area contributed by atoms with E-state index in [0.717, 1.165) is 17.6 Å². The van der Waals surface area contributed by atoms with E-state index in [0.29, 0.717) is 0 Å². The Morgan fingerprint density at radius 2 is 1.35 bits per heavy atom. The number of aliphatic imine (C=N–C) groups is 1. The first-order valence-corrected chi connectivity index (χ1v) is 15.3. The highest BCUT2D eigenvalue weighted by atomic mass is 32.3. The van der Waals surface area contributed by atoms with Crippen molar-refractivity contribution in [1.82, 2.24) is 0 Å².